The van der Waals surface area contributed by atoms with Crippen LogP contribution in [0.3, 0.4) is 0 Å². The summed E-state index contributed by atoms with van der Waals surface area (Å²) in [6.07, 6.45) is -0.624. The van der Waals surface area contributed by atoms with Crippen LogP contribution in [0.15, 0.2) is 71.6 Å². The van der Waals surface area contributed by atoms with Crippen LogP contribution in [0.25, 0.3) is 0 Å². The summed E-state index contributed by atoms with van der Waals surface area (Å²) in [7, 11) is -3.65. The zero-order valence-electron chi connectivity index (χ0n) is 21.2. The molecule has 3 aromatic rings. The number of benzene rings is 3. The van der Waals surface area contributed by atoms with E-state index in [1.54, 1.807) is 30.0 Å². The fourth-order valence-electron chi connectivity index (χ4n) is 4.44. The molecule has 1 saturated heterocycles. The van der Waals surface area contributed by atoms with Crippen LogP contribution >= 0.6 is 0 Å². The van der Waals surface area contributed by atoms with Gasteiger partial charge in [-0.2, -0.15) is 4.31 Å². The molecule has 2 aliphatic rings. The highest BCUT2D eigenvalue weighted by Gasteiger charge is 2.32. The number of ether oxygens (including phenoxy) is 2. The Labute approximate surface area is 222 Å². The van der Waals surface area contributed by atoms with Gasteiger partial charge in [0.25, 0.3) is 11.8 Å². The van der Waals surface area contributed by atoms with Crippen molar-refractivity contribution in [1.29, 1.82) is 0 Å². The fraction of sp³-hybridized carbons (Fsp3) is 0.286. The normalized spacial score (nSPS) is 18.0. The van der Waals surface area contributed by atoms with Crippen molar-refractivity contribution >= 4 is 33.2 Å². The summed E-state index contributed by atoms with van der Waals surface area (Å²) in [5.74, 6) is -0.0136. The van der Waals surface area contributed by atoms with Crippen LogP contribution in [-0.2, 0) is 26.1 Å². The van der Waals surface area contributed by atoms with Gasteiger partial charge in [0.2, 0.25) is 10.0 Å². The summed E-state index contributed by atoms with van der Waals surface area (Å²) in [5, 5.41) is 2.84. The lowest BCUT2D eigenvalue weighted by Gasteiger charge is -2.33. The summed E-state index contributed by atoms with van der Waals surface area (Å²) in [4.78, 5) is 27.8. The van der Waals surface area contributed by atoms with E-state index in [1.807, 2.05) is 31.2 Å². The van der Waals surface area contributed by atoms with E-state index in [4.69, 9.17) is 9.47 Å². The number of amides is 2. The molecule has 10 heteroatoms. The Morgan fingerprint density at radius 2 is 1.68 bits per heavy atom. The van der Waals surface area contributed by atoms with Crippen LogP contribution in [0.4, 0.5) is 11.4 Å². The van der Waals surface area contributed by atoms with Gasteiger partial charge in [0, 0.05) is 24.3 Å². The molecule has 1 fully saturated rings. The molecule has 0 saturated carbocycles. The molecular formula is C28H29N3O6S. The Kier molecular flexibility index (Phi) is 7.20. The molecule has 1 N–H and O–H groups in total. The second-order valence-corrected chi connectivity index (χ2v) is 11.3. The standard InChI is InChI=1S/C28H29N3O6S/c1-19-3-5-21(6-4-19)18-31-25-17-23(9-12-26(25)37-20(2)28(31)33)29-27(32)22-7-10-24(11-8-22)38(34,35)30-13-15-36-16-14-30/h3-12,17,20H,13-16,18H2,1-2H3,(H,29,32). The number of sulfonamides is 1. The van der Waals surface area contributed by atoms with Gasteiger partial charge in [-0.15, -0.1) is 0 Å². The number of anilines is 2. The van der Waals surface area contributed by atoms with E-state index >= 15 is 0 Å². The van der Waals surface area contributed by atoms with Gasteiger partial charge >= 0.3 is 0 Å². The molecule has 2 amide bonds. The van der Waals surface area contributed by atoms with Crippen LogP contribution in [0.1, 0.15) is 28.4 Å². The summed E-state index contributed by atoms with van der Waals surface area (Å²) in [6.45, 7) is 5.41. The van der Waals surface area contributed by atoms with E-state index < -0.39 is 22.0 Å². The lowest BCUT2D eigenvalue weighted by Crippen LogP contribution is -2.44. The molecule has 5 rings (SSSR count). The number of nitrogens with one attached hydrogen (secondary N) is 1. The molecule has 0 aliphatic carbocycles. The molecule has 2 aliphatic heterocycles. The maximum absolute atomic E-state index is 13.0. The third-order valence-electron chi connectivity index (χ3n) is 6.61. The van der Waals surface area contributed by atoms with Crippen molar-refractivity contribution in [2.24, 2.45) is 0 Å². The number of fused-ring (bicyclic) bond motifs is 1. The minimum absolute atomic E-state index is 0.126. The Balaban J connectivity index is 1.34. The number of hydrogen-bond acceptors (Lipinski definition) is 6. The molecular weight excluding hydrogens is 506 g/mol. The zero-order valence-corrected chi connectivity index (χ0v) is 22.0. The van der Waals surface area contributed by atoms with Gasteiger partial charge in [-0.3, -0.25) is 9.59 Å². The van der Waals surface area contributed by atoms with Gasteiger partial charge < -0.3 is 19.7 Å². The lowest BCUT2D eigenvalue weighted by atomic mass is 10.1. The van der Waals surface area contributed by atoms with Crippen molar-refractivity contribution in [3.63, 3.8) is 0 Å². The topological polar surface area (TPSA) is 105 Å². The van der Waals surface area contributed by atoms with Crippen molar-refractivity contribution in [1.82, 2.24) is 4.31 Å². The molecule has 0 bridgehead atoms. The maximum atomic E-state index is 13.0. The first-order chi connectivity index (χ1) is 18.2. The van der Waals surface area contributed by atoms with Crippen LogP contribution in [-0.4, -0.2) is 56.9 Å². The Morgan fingerprint density at radius 3 is 2.37 bits per heavy atom. The molecule has 198 valence electrons. The minimum atomic E-state index is -3.65. The summed E-state index contributed by atoms with van der Waals surface area (Å²) in [5.41, 5.74) is 3.47. The number of carbonyl (C=O) groups excluding carboxylic acids is 2. The monoisotopic (exact) mass is 535 g/mol. The number of nitrogens with zero attached hydrogens (tertiary/aromatic N) is 2. The van der Waals surface area contributed by atoms with Crippen LogP contribution in [0, 0.1) is 6.92 Å². The zero-order chi connectivity index (χ0) is 26.9. The van der Waals surface area contributed by atoms with Gasteiger partial charge in [-0.1, -0.05) is 29.8 Å². The van der Waals surface area contributed by atoms with E-state index in [0.717, 1.165) is 11.1 Å². The summed E-state index contributed by atoms with van der Waals surface area (Å²) >= 11 is 0. The number of hydrogen-bond donors (Lipinski definition) is 1. The molecule has 1 unspecified atom stereocenters. The number of carbonyl (C=O) groups is 2. The van der Waals surface area contributed by atoms with E-state index in [1.165, 1.54) is 28.6 Å². The van der Waals surface area contributed by atoms with Gasteiger partial charge in [0.15, 0.2) is 6.10 Å². The van der Waals surface area contributed by atoms with Crippen LogP contribution in [0.2, 0.25) is 0 Å². The van der Waals surface area contributed by atoms with Crippen LogP contribution in [0.5, 0.6) is 5.75 Å². The molecule has 0 aromatic heterocycles. The van der Waals surface area contributed by atoms with Crippen molar-refractivity contribution < 1.29 is 27.5 Å². The second kappa shape index (κ2) is 10.6. The number of rotatable bonds is 6. The molecule has 38 heavy (non-hydrogen) atoms. The third kappa shape index (κ3) is 5.28. The van der Waals surface area contributed by atoms with Crippen molar-refractivity contribution in [2.45, 2.75) is 31.4 Å². The smallest absolute Gasteiger partial charge is 0.268 e. The van der Waals surface area contributed by atoms with Crippen LogP contribution < -0.4 is 15.0 Å². The molecule has 9 nitrogen and oxygen atoms in total. The van der Waals surface area contributed by atoms with Crippen molar-refractivity contribution in [3.8, 4) is 5.75 Å². The highest BCUT2D eigenvalue weighted by molar-refractivity contribution is 7.89. The first-order valence-corrected chi connectivity index (χ1v) is 13.8. The van der Waals surface area contributed by atoms with E-state index in [9.17, 15) is 18.0 Å². The highest BCUT2D eigenvalue weighted by atomic mass is 32.2. The van der Waals surface area contributed by atoms with E-state index in [0.29, 0.717) is 55.5 Å². The average molecular weight is 536 g/mol. The highest BCUT2D eigenvalue weighted by Crippen LogP contribution is 2.37. The Bertz CT molecular complexity index is 1450. The Morgan fingerprint density at radius 1 is 1.00 bits per heavy atom. The fourth-order valence-corrected chi connectivity index (χ4v) is 5.85. The van der Waals surface area contributed by atoms with Crippen molar-refractivity contribution in [2.75, 3.05) is 36.5 Å². The molecule has 1 atom stereocenters. The minimum Gasteiger partial charge on any atom is -0.479 e. The first kappa shape index (κ1) is 25.9. The largest absolute Gasteiger partial charge is 0.479 e. The second-order valence-electron chi connectivity index (χ2n) is 9.35. The quantitative estimate of drug-likeness (QED) is 0.517. The molecule has 2 heterocycles. The maximum Gasteiger partial charge on any atom is 0.268 e. The summed E-state index contributed by atoms with van der Waals surface area (Å²) < 4.78 is 38.1. The molecule has 3 aromatic carbocycles. The van der Waals surface area contributed by atoms with Gasteiger partial charge in [-0.05, 0) is 61.9 Å². The number of morpholine rings is 1. The van der Waals surface area contributed by atoms with E-state index in [2.05, 4.69) is 5.32 Å². The number of aryl methyl sites for hydroxylation is 1. The summed E-state index contributed by atoms with van der Waals surface area (Å²) in [6, 6.07) is 19.0. The average Bonchev–Trinajstić information content (AvgIpc) is 2.93. The van der Waals surface area contributed by atoms with Gasteiger partial charge in [-0.25, -0.2) is 8.42 Å². The lowest BCUT2D eigenvalue weighted by molar-refractivity contribution is -0.125. The predicted molar refractivity (Wildman–Crippen MR) is 143 cm³/mol. The predicted octanol–water partition coefficient (Wildman–Crippen LogP) is 3.58. The molecule has 0 spiro atoms. The van der Waals surface area contributed by atoms with Gasteiger partial charge in [0.1, 0.15) is 5.75 Å². The Hall–Kier alpha value is -3.73. The van der Waals surface area contributed by atoms with E-state index in [-0.39, 0.29) is 10.8 Å². The third-order valence-corrected chi connectivity index (χ3v) is 8.52. The van der Waals surface area contributed by atoms with Gasteiger partial charge in [0.05, 0.1) is 30.3 Å². The first-order valence-electron chi connectivity index (χ1n) is 12.4. The van der Waals surface area contributed by atoms with Crippen molar-refractivity contribution in [3.05, 3.63) is 83.4 Å². The molecule has 0 radical (unpaired) electrons. The SMILES string of the molecule is Cc1ccc(CN2C(=O)C(C)Oc3ccc(NC(=O)c4ccc(S(=O)(=O)N5CCOCC5)cc4)cc32)cc1.